The van der Waals surface area contributed by atoms with Crippen molar-refractivity contribution in [3.63, 3.8) is 0 Å². The molecule has 0 saturated carbocycles. The second-order valence-corrected chi connectivity index (χ2v) is 20.7. The molecule has 0 radical (unpaired) electrons. The average molecular weight is 409 g/mol. The van der Waals surface area contributed by atoms with Crippen molar-refractivity contribution in [3.05, 3.63) is 35.9 Å². The van der Waals surface area contributed by atoms with Crippen LogP contribution in [-0.2, 0) is 0 Å². The zero-order valence-electron chi connectivity index (χ0n) is 11.9. The van der Waals surface area contributed by atoms with E-state index in [9.17, 15) is 0 Å². The molecule has 1 atom stereocenters. The van der Waals surface area contributed by atoms with Crippen LogP contribution in [0.2, 0.25) is 10.1 Å². The fraction of sp³-hybridized carbons (Fsp3) is 0.538. The van der Waals surface area contributed by atoms with Crippen molar-refractivity contribution in [2.75, 3.05) is 0 Å². The average Bonchev–Trinajstić information content (AvgIpc) is 2.28. The molecule has 1 aromatic rings. The summed E-state index contributed by atoms with van der Waals surface area (Å²) >= 11 is 31.9. The molecule has 0 heterocycles. The molecule has 1 rings (SSSR count). The van der Waals surface area contributed by atoms with E-state index in [1.54, 1.807) is 0 Å². The highest BCUT2D eigenvalue weighted by Gasteiger charge is 2.56. The zero-order valence-corrected chi connectivity index (χ0v) is 17.9. The maximum Gasteiger partial charge on any atom is 0.347 e. The summed E-state index contributed by atoms with van der Waals surface area (Å²) in [6, 6.07) is 7.12. The Bertz CT molecular complexity index is 440. The maximum absolute atomic E-state index is 6.38. The monoisotopic (exact) mass is 406 g/mol. The molecule has 0 saturated heterocycles. The van der Waals surface area contributed by atoms with Crippen LogP contribution < -0.4 is 0 Å². The van der Waals surface area contributed by atoms with E-state index in [-0.39, 0.29) is 11.0 Å². The summed E-state index contributed by atoms with van der Waals surface area (Å²) in [5.41, 5.74) is 1.13. The van der Waals surface area contributed by atoms with Crippen molar-refractivity contribution in [2.24, 2.45) is 0 Å². The third-order valence-electron chi connectivity index (χ3n) is 3.89. The van der Waals surface area contributed by atoms with Crippen LogP contribution in [0, 0.1) is 0 Å². The molecule has 0 fully saturated rings. The SMILES string of the molecule is CC(C)(C(c1ccccc1)C(C)(C)[Si](Cl)(Cl)Cl)[SiH](Cl)Cl. The molecule has 7 heteroatoms. The van der Waals surface area contributed by atoms with E-state index in [0.717, 1.165) is 5.56 Å². The third-order valence-corrected chi connectivity index (χ3v) is 14.9. The second kappa shape index (κ2) is 6.70. The Labute approximate surface area is 147 Å². The highest BCUT2D eigenvalue weighted by Crippen LogP contribution is 2.64. The van der Waals surface area contributed by atoms with Gasteiger partial charge in [-0.05, 0) is 16.5 Å². The van der Waals surface area contributed by atoms with E-state index in [2.05, 4.69) is 26.0 Å². The molecule has 0 aliphatic heterocycles. The smallest absolute Gasteiger partial charge is 0.150 e. The minimum absolute atomic E-state index is 0.00188. The summed E-state index contributed by atoms with van der Waals surface area (Å²) in [6.45, 7) is 8.18. The van der Waals surface area contributed by atoms with Crippen molar-refractivity contribution >= 4 is 68.8 Å². The molecule has 0 nitrogen and oxygen atoms in total. The summed E-state index contributed by atoms with van der Waals surface area (Å²) in [5.74, 6) is 0.00188. The molecule has 0 aromatic heterocycles. The van der Waals surface area contributed by atoms with E-state index < -0.39 is 18.5 Å². The van der Waals surface area contributed by atoms with Crippen molar-refractivity contribution in [2.45, 2.75) is 43.7 Å². The van der Waals surface area contributed by atoms with Gasteiger partial charge in [0.25, 0.3) is 0 Å². The first-order valence-corrected chi connectivity index (χ1v) is 15.4. The van der Waals surface area contributed by atoms with Crippen LogP contribution in [0.4, 0.5) is 0 Å². The molecular weight excluding hydrogens is 390 g/mol. The van der Waals surface area contributed by atoms with Crippen LogP contribution in [0.25, 0.3) is 0 Å². The molecular formula is C13H19Cl5Si2. The molecule has 114 valence electrons. The highest BCUT2D eigenvalue weighted by molar-refractivity contribution is 7.65. The summed E-state index contributed by atoms with van der Waals surface area (Å²) in [6.07, 6.45) is 0. The van der Waals surface area contributed by atoms with Gasteiger partial charge in [0, 0.05) is 5.04 Å². The summed E-state index contributed by atoms with van der Waals surface area (Å²) < 4.78 is 0. The standard InChI is InChI=1S/C13H19Cl5Si2/c1-12(2,19(14)15)11(10-8-6-5-7-9-10)13(3,4)20(16,17)18/h5-9,11,19H,1-4H3. The lowest BCUT2D eigenvalue weighted by Crippen LogP contribution is -2.41. The van der Waals surface area contributed by atoms with Crippen LogP contribution >= 0.6 is 55.4 Å². The Morgan fingerprint density at radius 2 is 1.40 bits per heavy atom. The molecule has 0 aliphatic rings. The molecule has 20 heavy (non-hydrogen) atoms. The van der Waals surface area contributed by atoms with Crippen LogP contribution in [-0.4, -0.2) is 13.4 Å². The second-order valence-electron chi connectivity index (χ2n) is 6.19. The number of hydrogen-bond acceptors (Lipinski definition) is 0. The Morgan fingerprint density at radius 1 is 0.950 bits per heavy atom. The normalized spacial score (nSPS) is 15.5. The lowest BCUT2D eigenvalue weighted by molar-refractivity contribution is 0.413. The predicted octanol–water partition coefficient (Wildman–Crippen LogP) is 6.68. The zero-order chi connectivity index (χ0) is 15.8. The van der Waals surface area contributed by atoms with Gasteiger partial charge in [-0.15, -0.1) is 55.4 Å². The number of hydrogen-bond donors (Lipinski definition) is 0. The first kappa shape index (κ1) is 19.2. The molecule has 0 N–H and O–H groups in total. The highest BCUT2D eigenvalue weighted by atomic mass is 35.8. The Hall–Kier alpha value is 1.10. The summed E-state index contributed by atoms with van der Waals surface area (Å²) in [7, 11) is -1.99. The predicted molar refractivity (Wildman–Crippen MR) is 99.4 cm³/mol. The molecule has 1 aromatic carbocycles. The first-order chi connectivity index (χ1) is 8.92. The molecule has 1 unspecified atom stereocenters. The molecule has 0 spiro atoms. The minimum atomic E-state index is -2.96. The first-order valence-electron chi connectivity index (χ1n) is 6.32. The lowest BCUT2D eigenvalue weighted by Gasteiger charge is -2.47. The van der Waals surface area contributed by atoms with E-state index in [1.807, 2.05) is 32.0 Å². The van der Waals surface area contributed by atoms with Crippen LogP contribution in [0.5, 0.6) is 0 Å². The Balaban J connectivity index is 3.45. The van der Waals surface area contributed by atoms with Crippen LogP contribution in [0.15, 0.2) is 30.3 Å². The lowest BCUT2D eigenvalue weighted by atomic mass is 9.78. The number of benzene rings is 1. The van der Waals surface area contributed by atoms with Gasteiger partial charge in [0.05, 0.1) is 0 Å². The minimum Gasteiger partial charge on any atom is -0.150 e. The third kappa shape index (κ3) is 3.89. The van der Waals surface area contributed by atoms with Gasteiger partial charge in [0.15, 0.2) is 0 Å². The maximum atomic E-state index is 6.38. The summed E-state index contributed by atoms with van der Waals surface area (Å²) in [5, 5.41) is -0.761. The van der Waals surface area contributed by atoms with E-state index >= 15 is 0 Å². The van der Waals surface area contributed by atoms with Crippen LogP contribution in [0.1, 0.15) is 39.2 Å². The van der Waals surface area contributed by atoms with E-state index in [0.29, 0.717) is 0 Å². The number of rotatable bonds is 5. The molecule has 0 amide bonds. The van der Waals surface area contributed by atoms with Gasteiger partial charge in [0.2, 0.25) is 7.42 Å². The molecule has 0 bridgehead atoms. The topological polar surface area (TPSA) is 0 Å². The van der Waals surface area contributed by atoms with Crippen molar-refractivity contribution in [1.29, 1.82) is 0 Å². The van der Waals surface area contributed by atoms with E-state index in [4.69, 9.17) is 55.4 Å². The van der Waals surface area contributed by atoms with Crippen molar-refractivity contribution in [1.82, 2.24) is 0 Å². The van der Waals surface area contributed by atoms with Gasteiger partial charge in [-0.1, -0.05) is 58.0 Å². The van der Waals surface area contributed by atoms with Crippen molar-refractivity contribution in [3.8, 4) is 0 Å². The van der Waals surface area contributed by atoms with Gasteiger partial charge < -0.3 is 0 Å². The van der Waals surface area contributed by atoms with Gasteiger partial charge in [-0.3, -0.25) is 0 Å². The van der Waals surface area contributed by atoms with E-state index in [1.165, 1.54) is 0 Å². The fourth-order valence-corrected chi connectivity index (χ4v) is 6.34. The summed E-state index contributed by atoms with van der Waals surface area (Å²) in [4.78, 5) is 0. The van der Waals surface area contributed by atoms with Crippen LogP contribution in [0.3, 0.4) is 0 Å². The largest absolute Gasteiger partial charge is 0.347 e. The molecule has 0 aliphatic carbocycles. The number of halogens is 5. The van der Waals surface area contributed by atoms with Gasteiger partial charge >= 0.3 is 6.00 Å². The quantitative estimate of drug-likeness (QED) is 0.376. The van der Waals surface area contributed by atoms with Crippen molar-refractivity contribution < 1.29 is 0 Å². The Morgan fingerprint density at radius 3 is 1.75 bits per heavy atom. The van der Waals surface area contributed by atoms with Gasteiger partial charge in [-0.2, -0.15) is 0 Å². The fourth-order valence-electron chi connectivity index (χ4n) is 2.71. The van der Waals surface area contributed by atoms with Gasteiger partial charge in [0.1, 0.15) is 0 Å². The Kier molecular flexibility index (Phi) is 6.41. The van der Waals surface area contributed by atoms with Gasteiger partial charge in [-0.25, -0.2) is 0 Å².